The normalized spacial score (nSPS) is 31.2. The molecule has 0 saturated carbocycles. The summed E-state index contributed by atoms with van der Waals surface area (Å²) in [7, 11) is 1.84. The number of rotatable bonds is 6. The molecule has 0 fully saturated rings. The Morgan fingerprint density at radius 2 is 2.19 bits per heavy atom. The third-order valence-corrected chi connectivity index (χ3v) is 5.22. The summed E-state index contributed by atoms with van der Waals surface area (Å²) >= 11 is 0. The van der Waals surface area contributed by atoms with Crippen molar-refractivity contribution in [2.75, 3.05) is 26.8 Å². The zero-order valence-corrected chi connectivity index (χ0v) is 13.3. The van der Waals surface area contributed by atoms with Crippen LogP contribution in [0.25, 0.3) is 0 Å². The zero-order chi connectivity index (χ0) is 14.8. The van der Waals surface area contributed by atoms with Crippen molar-refractivity contribution in [2.24, 2.45) is 0 Å². The number of nitrogens with one attached hydrogen (secondary N) is 1. The lowest BCUT2D eigenvalue weighted by molar-refractivity contribution is 0.0953. The van der Waals surface area contributed by atoms with Gasteiger partial charge in [0.2, 0.25) is 0 Å². The van der Waals surface area contributed by atoms with Crippen LogP contribution in [0.5, 0.6) is 0 Å². The minimum atomic E-state index is 0.246. The van der Waals surface area contributed by atoms with Gasteiger partial charge in [-0.05, 0) is 55.4 Å². The van der Waals surface area contributed by atoms with E-state index >= 15 is 0 Å². The van der Waals surface area contributed by atoms with Crippen molar-refractivity contribution in [2.45, 2.75) is 57.2 Å². The highest BCUT2D eigenvalue weighted by Gasteiger charge is 2.39. The van der Waals surface area contributed by atoms with Gasteiger partial charge in [-0.3, -0.25) is 4.90 Å². The minimum Gasteiger partial charge on any atom is -0.395 e. The third kappa shape index (κ3) is 2.77. The summed E-state index contributed by atoms with van der Waals surface area (Å²) in [6.45, 7) is 4.30. The molecule has 4 nitrogen and oxygen atoms in total. The Labute approximate surface area is 127 Å². The topological polar surface area (TPSA) is 44.7 Å². The van der Waals surface area contributed by atoms with Crippen molar-refractivity contribution in [3.8, 4) is 0 Å². The maximum Gasteiger partial charge on any atom is 0.0789 e. The number of hydrogen-bond donors (Lipinski definition) is 2. The second kappa shape index (κ2) is 6.51. The maximum absolute atomic E-state index is 9.35. The first-order chi connectivity index (χ1) is 10.3. The molecule has 0 bridgehead atoms. The van der Waals surface area contributed by atoms with Crippen molar-refractivity contribution in [3.63, 3.8) is 0 Å². The van der Waals surface area contributed by atoms with Gasteiger partial charge in [0.15, 0.2) is 0 Å². The minimum absolute atomic E-state index is 0.246. The molecule has 0 radical (unpaired) electrons. The van der Waals surface area contributed by atoms with Gasteiger partial charge in [0.25, 0.3) is 0 Å². The lowest BCUT2D eigenvalue weighted by atomic mass is 9.75. The van der Waals surface area contributed by atoms with E-state index < -0.39 is 0 Å². The predicted molar refractivity (Wildman–Crippen MR) is 84.0 cm³/mol. The van der Waals surface area contributed by atoms with Gasteiger partial charge in [0.1, 0.15) is 0 Å². The average Bonchev–Trinajstić information content (AvgIpc) is 2.92. The fraction of sp³-hybridized carbons (Fsp3) is 0.765. The predicted octanol–water partition coefficient (Wildman–Crippen LogP) is 1.81. The highest BCUT2D eigenvalue weighted by atomic mass is 16.5. The van der Waals surface area contributed by atoms with Crippen LogP contribution in [-0.2, 0) is 4.74 Å². The summed E-state index contributed by atoms with van der Waals surface area (Å²) in [5.41, 5.74) is 4.54. The lowest BCUT2D eigenvalue weighted by Gasteiger charge is -2.40. The Hall–Kier alpha value is -0.840. The molecule has 3 aliphatic rings. The quantitative estimate of drug-likeness (QED) is 0.784. The van der Waals surface area contributed by atoms with E-state index in [0.29, 0.717) is 18.2 Å². The molecule has 3 atom stereocenters. The van der Waals surface area contributed by atoms with Gasteiger partial charge in [-0.25, -0.2) is 0 Å². The van der Waals surface area contributed by atoms with Crippen molar-refractivity contribution in [3.05, 3.63) is 22.9 Å². The van der Waals surface area contributed by atoms with Crippen LogP contribution in [0.3, 0.4) is 0 Å². The second-order valence-corrected chi connectivity index (χ2v) is 6.45. The fourth-order valence-electron chi connectivity index (χ4n) is 4.31. The van der Waals surface area contributed by atoms with Crippen molar-refractivity contribution < 1.29 is 9.84 Å². The summed E-state index contributed by atoms with van der Waals surface area (Å²) in [6.07, 6.45) is 8.16. The van der Waals surface area contributed by atoms with Gasteiger partial charge in [-0.15, -0.1) is 0 Å². The van der Waals surface area contributed by atoms with E-state index in [1.54, 1.807) is 5.57 Å². The standard InChI is InChI=1S/C17H28N2O2/c1-3-6-19(7-8-20)13-9-12-11-18-15-4-5-16(21-2)14(10-13)17(12)15/h11,13,15-16,18,20H,3-10H2,1-2H3. The molecule has 0 aromatic carbocycles. The van der Waals surface area contributed by atoms with Crippen molar-refractivity contribution >= 4 is 0 Å². The number of nitrogens with zero attached hydrogens (tertiary/aromatic N) is 1. The van der Waals surface area contributed by atoms with Gasteiger partial charge in [-0.1, -0.05) is 6.92 Å². The molecule has 0 spiro atoms. The summed E-state index contributed by atoms with van der Waals surface area (Å²) in [5, 5.41) is 12.9. The number of ether oxygens (including phenoxy) is 1. The van der Waals surface area contributed by atoms with Crippen molar-refractivity contribution in [1.29, 1.82) is 0 Å². The van der Waals surface area contributed by atoms with E-state index in [9.17, 15) is 5.11 Å². The van der Waals surface area contributed by atoms with Crippen LogP contribution in [0.2, 0.25) is 0 Å². The molecule has 0 aromatic rings. The van der Waals surface area contributed by atoms with E-state index in [2.05, 4.69) is 23.3 Å². The van der Waals surface area contributed by atoms with E-state index in [4.69, 9.17) is 4.74 Å². The van der Waals surface area contributed by atoms with Crippen molar-refractivity contribution in [1.82, 2.24) is 10.2 Å². The summed E-state index contributed by atoms with van der Waals surface area (Å²) < 4.78 is 5.75. The molecule has 0 saturated heterocycles. The highest BCUT2D eigenvalue weighted by Crippen LogP contribution is 2.43. The molecule has 0 aromatic heterocycles. The first kappa shape index (κ1) is 15.1. The molecular weight excluding hydrogens is 264 g/mol. The average molecular weight is 292 g/mol. The van der Waals surface area contributed by atoms with Crippen LogP contribution in [0.4, 0.5) is 0 Å². The molecule has 4 heteroatoms. The molecule has 2 N–H and O–H groups in total. The Bertz CT molecular complexity index is 438. The highest BCUT2D eigenvalue weighted by molar-refractivity contribution is 5.49. The summed E-state index contributed by atoms with van der Waals surface area (Å²) in [5.74, 6) is 0. The van der Waals surface area contributed by atoms with Crippen LogP contribution in [0.15, 0.2) is 22.9 Å². The lowest BCUT2D eigenvalue weighted by Crippen LogP contribution is -2.43. The number of aliphatic hydroxyl groups excluding tert-OH is 1. The number of hydrogen-bond acceptors (Lipinski definition) is 4. The first-order valence-electron chi connectivity index (χ1n) is 8.34. The fourth-order valence-corrected chi connectivity index (χ4v) is 4.31. The summed E-state index contributed by atoms with van der Waals surface area (Å²) in [4.78, 5) is 2.46. The van der Waals surface area contributed by atoms with Crippen LogP contribution in [0, 0.1) is 0 Å². The van der Waals surface area contributed by atoms with Gasteiger partial charge >= 0.3 is 0 Å². The molecule has 1 heterocycles. The molecule has 21 heavy (non-hydrogen) atoms. The molecular formula is C17H28N2O2. The van der Waals surface area contributed by atoms with E-state index in [-0.39, 0.29) is 6.61 Å². The SMILES string of the molecule is CCCN(CCO)C1CC2=CNC3CCC(OC)C(=C23)C1. The van der Waals surface area contributed by atoms with Crippen LogP contribution >= 0.6 is 0 Å². The molecule has 3 rings (SSSR count). The maximum atomic E-state index is 9.35. The van der Waals surface area contributed by atoms with E-state index in [1.807, 2.05) is 7.11 Å². The number of aliphatic hydroxyl groups is 1. The second-order valence-electron chi connectivity index (χ2n) is 6.45. The zero-order valence-electron chi connectivity index (χ0n) is 13.3. The Kier molecular flexibility index (Phi) is 4.67. The molecule has 118 valence electrons. The van der Waals surface area contributed by atoms with Gasteiger partial charge in [0.05, 0.1) is 18.8 Å². The smallest absolute Gasteiger partial charge is 0.0789 e. The van der Waals surface area contributed by atoms with Gasteiger partial charge in [-0.2, -0.15) is 0 Å². The molecule has 1 aliphatic heterocycles. The van der Waals surface area contributed by atoms with Gasteiger partial charge in [0, 0.05) is 25.9 Å². The van der Waals surface area contributed by atoms with E-state index in [1.165, 1.54) is 17.6 Å². The number of methoxy groups -OCH3 is 1. The van der Waals surface area contributed by atoms with Crippen LogP contribution in [0.1, 0.15) is 39.0 Å². The molecule has 2 aliphatic carbocycles. The first-order valence-corrected chi connectivity index (χ1v) is 8.34. The monoisotopic (exact) mass is 292 g/mol. The third-order valence-electron chi connectivity index (χ3n) is 5.22. The van der Waals surface area contributed by atoms with Crippen LogP contribution in [-0.4, -0.2) is 55.0 Å². The largest absolute Gasteiger partial charge is 0.395 e. The molecule has 0 amide bonds. The Morgan fingerprint density at radius 3 is 2.90 bits per heavy atom. The Morgan fingerprint density at radius 1 is 1.33 bits per heavy atom. The van der Waals surface area contributed by atoms with Crippen LogP contribution < -0.4 is 5.32 Å². The Balaban J connectivity index is 1.84. The van der Waals surface area contributed by atoms with E-state index in [0.717, 1.165) is 38.8 Å². The summed E-state index contributed by atoms with van der Waals surface area (Å²) in [6, 6.07) is 1.04. The molecule has 3 unspecified atom stereocenters. The van der Waals surface area contributed by atoms with Gasteiger partial charge < -0.3 is 15.2 Å².